The first-order valence-electron chi connectivity index (χ1n) is 3.40. The van der Waals surface area contributed by atoms with Crippen molar-refractivity contribution in [3.8, 4) is 0 Å². The summed E-state index contributed by atoms with van der Waals surface area (Å²) in [7, 11) is 0. The Labute approximate surface area is 88.2 Å². The summed E-state index contributed by atoms with van der Waals surface area (Å²) in [5.41, 5.74) is -1.29. The van der Waals surface area contributed by atoms with Crippen molar-refractivity contribution in [3.63, 3.8) is 0 Å². The van der Waals surface area contributed by atoms with Gasteiger partial charge in [0.05, 0.1) is 10.6 Å². The van der Waals surface area contributed by atoms with E-state index in [-0.39, 0.29) is 15.7 Å². The SMILES string of the molecule is C=C(c1ccnc(Cl)c1Cl)C(F)(F)F. The van der Waals surface area contributed by atoms with Gasteiger partial charge >= 0.3 is 6.18 Å². The van der Waals surface area contributed by atoms with Gasteiger partial charge in [-0.25, -0.2) is 4.98 Å². The molecule has 1 aromatic heterocycles. The second-order valence-electron chi connectivity index (χ2n) is 2.44. The van der Waals surface area contributed by atoms with E-state index in [0.717, 1.165) is 12.3 Å². The highest BCUT2D eigenvalue weighted by molar-refractivity contribution is 6.42. The number of hydrogen-bond donors (Lipinski definition) is 0. The molecule has 0 unspecified atom stereocenters. The van der Waals surface area contributed by atoms with Gasteiger partial charge in [0.25, 0.3) is 0 Å². The fraction of sp³-hybridized carbons (Fsp3) is 0.125. The fourth-order valence-electron chi connectivity index (χ4n) is 0.804. The second kappa shape index (κ2) is 3.79. The van der Waals surface area contributed by atoms with Gasteiger partial charge in [-0.1, -0.05) is 29.8 Å². The van der Waals surface area contributed by atoms with Crippen molar-refractivity contribution in [2.45, 2.75) is 6.18 Å². The van der Waals surface area contributed by atoms with Crippen LogP contribution < -0.4 is 0 Å². The Bertz CT molecular complexity index is 373. The normalized spacial score (nSPS) is 11.5. The van der Waals surface area contributed by atoms with Crippen LogP contribution in [0.4, 0.5) is 13.2 Å². The van der Waals surface area contributed by atoms with Gasteiger partial charge in [-0.05, 0) is 6.07 Å². The Morgan fingerprint density at radius 3 is 2.43 bits per heavy atom. The molecular formula is C8H4Cl2F3N. The monoisotopic (exact) mass is 241 g/mol. The summed E-state index contributed by atoms with van der Waals surface area (Å²) >= 11 is 11.0. The van der Waals surface area contributed by atoms with Crippen LogP contribution in [0, 0.1) is 0 Å². The minimum Gasteiger partial charge on any atom is -0.243 e. The molecule has 0 bridgehead atoms. The van der Waals surface area contributed by atoms with E-state index in [0.29, 0.717) is 0 Å². The molecule has 0 aliphatic rings. The fourth-order valence-corrected chi connectivity index (χ4v) is 1.19. The lowest BCUT2D eigenvalue weighted by molar-refractivity contribution is -0.0686. The lowest BCUT2D eigenvalue weighted by Gasteiger charge is -2.11. The van der Waals surface area contributed by atoms with Crippen LogP contribution in [0.5, 0.6) is 0 Å². The summed E-state index contributed by atoms with van der Waals surface area (Å²) in [5, 5.41) is -0.411. The van der Waals surface area contributed by atoms with Gasteiger partial charge in [0.1, 0.15) is 5.15 Å². The molecule has 0 fully saturated rings. The molecule has 1 nitrogen and oxygen atoms in total. The number of pyridine rings is 1. The van der Waals surface area contributed by atoms with Gasteiger partial charge in [-0.15, -0.1) is 0 Å². The minimum absolute atomic E-state index is 0.172. The molecule has 0 N–H and O–H groups in total. The quantitative estimate of drug-likeness (QED) is 0.679. The highest BCUT2D eigenvalue weighted by Crippen LogP contribution is 2.37. The van der Waals surface area contributed by atoms with Crippen molar-refractivity contribution in [2.75, 3.05) is 0 Å². The molecule has 0 amide bonds. The zero-order chi connectivity index (χ0) is 10.9. The number of halogens is 5. The number of alkyl halides is 3. The number of aromatic nitrogens is 1. The molecule has 0 saturated heterocycles. The van der Waals surface area contributed by atoms with E-state index in [1.54, 1.807) is 0 Å². The largest absolute Gasteiger partial charge is 0.416 e. The van der Waals surface area contributed by atoms with Gasteiger partial charge in [0.15, 0.2) is 0 Å². The first-order valence-corrected chi connectivity index (χ1v) is 4.16. The maximum Gasteiger partial charge on any atom is 0.416 e. The smallest absolute Gasteiger partial charge is 0.243 e. The molecule has 0 atom stereocenters. The Morgan fingerprint density at radius 1 is 1.36 bits per heavy atom. The maximum atomic E-state index is 12.2. The topological polar surface area (TPSA) is 12.9 Å². The summed E-state index contributed by atoms with van der Waals surface area (Å²) in [6, 6.07) is 1.12. The zero-order valence-electron chi connectivity index (χ0n) is 6.70. The molecule has 0 aliphatic carbocycles. The third-order valence-corrected chi connectivity index (χ3v) is 2.28. The molecule has 0 spiro atoms. The highest BCUT2D eigenvalue weighted by atomic mass is 35.5. The van der Waals surface area contributed by atoms with Crippen LogP contribution in [-0.4, -0.2) is 11.2 Å². The molecule has 1 aromatic rings. The van der Waals surface area contributed by atoms with E-state index in [1.165, 1.54) is 0 Å². The Hall–Kier alpha value is -0.740. The van der Waals surface area contributed by atoms with Crippen molar-refractivity contribution in [1.29, 1.82) is 0 Å². The molecule has 0 aromatic carbocycles. The van der Waals surface area contributed by atoms with Gasteiger partial charge in [0.2, 0.25) is 0 Å². The third-order valence-electron chi connectivity index (χ3n) is 1.51. The van der Waals surface area contributed by atoms with E-state index in [1.807, 2.05) is 0 Å². The van der Waals surface area contributed by atoms with Crippen LogP contribution in [0.15, 0.2) is 18.8 Å². The summed E-state index contributed by atoms with van der Waals surface area (Å²) in [4.78, 5) is 3.53. The van der Waals surface area contributed by atoms with E-state index in [4.69, 9.17) is 23.2 Å². The van der Waals surface area contributed by atoms with Crippen molar-refractivity contribution in [3.05, 3.63) is 34.6 Å². The van der Waals surface area contributed by atoms with Crippen LogP contribution in [0.25, 0.3) is 5.57 Å². The van der Waals surface area contributed by atoms with E-state index in [2.05, 4.69) is 11.6 Å². The van der Waals surface area contributed by atoms with Gasteiger partial charge in [-0.2, -0.15) is 13.2 Å². The van der Waals surface area contributed by atoms with Gasteiger partial charge < -0.3 is 0 Å². The number of hydrogen-bond acceptors (Lipinski definition) is 1. The summed E-state index contributed by atoms with van der Waals surface area (Å²) in [6.07, 6.45) is -3.38. The predicted octanol–water partition coefficient (Wildman–Crippen LogP) is 3.96. The lowest BCUT2D eigenvalue weighted by atomic mass is 10.1. The van der Waals surface area contributed by atoms with Crippen LogP contribution in [0.3, 0.4) is 0 Å². The Morgan fingerprint density at radius 2 is 1.93 bits per heavy atom. The predicted molar refractivity (Wildman–Crippen MR) is 49.3 cm³/mol. The molecule has 6 heteroatoms. The summed E-state index contributed by atoms with van der Waals surface area (Å²) in [6.45, 7) is 2.90. The van der Waals surface area contributed by atoms with Gasteiger partial charge in [-0.3, -0.25) is 0 Å². The van der Waals surface area contributed by atoms with Crippen LogP contribution in [0.2, 0.25) is 10.2 Å². The number of nitrogens with zero attached hydrogens (tertiary/aromatic N) is 1. The average molecular weight is 242 g/mol. The molecule has 1 heterocycles. The van der Waals surface area contributed by atoms with Crippen molar-refractivity contribution < 1.29 is 13.2 Å². The van der Waals surface area contributed by atoms with E-state index < -0.39 is 11.7 Å². The Kier molecular flexibility index (Phi) is 3.07. The average Bonchev–Trinajstić information content (AvgIpc) is 2.07. The lowest BCUT2D eigenvalue weighted by Crippen LogP contribution is -2.10. The molecule has 1 rings (SSSR count). The van der Waals surface area contributed by atoms with E-state index >= 15 is 0 Å². The minimum atomic E-state index is -4.52. The van der Waals surface area contributed by atoms with Crippen molar-refractivity contribution >= 4 is 28.8 Å². The molecule has 14 heavy (non-hydrogen) atoms. The van der Waals surface area contributed by atoms with E-state index in [9.17, 15) is 13.2 Å². The van der Waals surface area contributed by atoms with Crippen molar-refractivity contribution in [1.82, 2.24) is 4.98 Å². The maximum absolute atomic E-state index is 12.2. The zero-order valence-corrected chi connectivity index (χ0v) is 8.21. The van der Waals surface area contributed by atoms with Crippen LogP contribution in [-0.2, 0) is 0 Å². The first kappa shape index (κ1) is 11.3. The Balaban J connectivity index is 3.21. The summed E-state index contributed by atoms with van der Waals surface area (Å²) in [5.74, 6) is 0. The molecular weight excluding hydrogens is 238 g/mol. The molecule has 0 saturated carbocycles. The second-order valence-corrected chi connectivity index (χ2v) is 3.18. The summed E-state index contributed by atoms with van der Waals surface area (Å²) < 4.78 is 36.7. The van der Waals surface area contributed by atoms with Crippen LogP contribution in [0.1, 0.15) is 5.56 Å². The first-order chi connectivity index (χ1) is 6.34. The highest BCUT2D eigenvalue weighted by Gasteiger charge is 2.34. The van der Waals surface area contributed by atoms with Crippen LogP contribution >= 0.6 is 23.2 Å². The molecule has 76 valence electrons. The number of rotatable bonds is 1. The molecule has 0 radical (unpaired) electrons. The standard InChI is InChI=1S/C8H4Cl2F3N/c1-4(8(11,12)13)5-2-3-14-7(10)6(5)9/h2-3H,1H2. The molecule has 0 aliphatic heterocycles. The van der Waals surface area contributed by atoms with Gasteiger partial charge in [0, 0.05) is 11.8 Å². The van der Waals surface area contributed by atoms with Crippen molar-refractivity contribution in [2.24, 2.45) is 0 Å². The third kappa shape index (κ3) is 2.19. The number of allylic oxidation sites excluding steroid dienone is 1.